The van der Waals surface area contributed by atoms with Gasteiger partial charge < -0.3 is 0 Å². The maximum Gasteiger partial charge on any atom is 0.119 e. The summed E-state index contributed by atoms with van der Waals surface area (Å²) in [6.07, 6.45) is 4.28. The minimum Gasteiger partial charge on any atom is -0.0837 e. The standard InChI is InChI=1S/C18H18Cl2Si/c1-3-21(4-2)17-9-5-7-15(19)13(17)11-12-14-16(20)8-6-10-18(14)21/h5-12H,3-4H2,1-2H3. The molecule has 1 heterocycles. The Labute approximate surface area is 137 Å². The quantitative estimate of drug-likeness (QED) is 0.672. The molecule has 0 aromatic heterocycles. The van der Waals surface area contributed by atoms with Gasteiger partial charge in [-0.1, -0.05) is 85.6 Å². The monoisotopic (exact) mass is 332 g/mol. The molecule has 0 unspecified atom stereocenters. The van der Waals surface area contributed by atoms with E-state index >= 15 is 0 Å². The second-order valence-corrected chi connectivity index (χ2v) is 11.0. The highest BCUT2D eigenvalue weighted by molar-refractivity contribution is 7.03. The zero-order valence-corrected chi connectivity index (χ0v) is 14.8. The van der Waals surface area contributed by atoms with Crippen LogP contribution >= 0.6 is 23.2 Å². The van der Waals surface area contributed by atoms with Gasteiger partial charge in [0, 0.05) is 10.0 Å². The molecule has 21 heavy (non-hydrogen) atoms. The van der Waals surface area contributed by atoms with Crippen LogP contribution in [0, 0.1) is 0 Å². The fraction of sp³-hybridized carbons (Fsp3) is 0.222. The van der Waals surface area contributed by atoms with Crippen molar-refractivity contribution >= 4 is 53.8 Å². The highest BCUT2D eigenvalue weighted by Crippen LogP contribution is 2.30. The summed E-state index contributed by atoms with van der Waals surface area (Å²) in [6.45, 7) is 4.60. The van der Waals surface area contributed by atoms with E-state index in [0.717, 1.165) is 22.1 Å². The third kappa shape index (κ3) is 2.19. The molecule has 0 saturated carbocycles. The summed E-state index contributed by atoms with van der Waals surface area (Å²) in [5.74, 6) is 0. The maximum absolute atomic E-state index is 6.48. The first-order chi connectivity index (χ1) is 10.1. The summed E-state index contributed by atoms with van der Waals surface area (Å²) < 4.78 is 0. The Bertz CT molecular complexity index is 658. The Balaban J connectivity index is 2.43. The van der Waals surface area contributed by atoms with Crippen LogP contribution in [0.2, 0.25) is 22.1 Å². The van der Waals surface area contributed by atoms with Crippen molar-refractivity contribution < 1.29 is 0 Å². The van der Waals surface area contributed by atoms with E-state index in [1.807, 2.05) is 12.1 Å². The average molecular weight is 333 g/mol. The Kier molecular flexibility index (Phi) is 4.00. The van der Waals surface area contributed by atoms with Gasteiger partial charge in [-0.15, -0.1) is 0 Å². The van der Waals surface area contributed by atoms with Gasteiger partial charge in [0.1, 0.15) is 8.07 Å². The largest absolute Gasteiger partial charge is 0.119 e. The summed E-state index contributed by atoms with van der Waals surface area (Å²) in [6, 6.07) is 15.0. The van der Waals surface area contributed by atoms with Crippen molar-refractivity contribution in [1.82, 2.24) is 0 Å². The second kappa shape index (κ2) is 5.64. The lowest BCUT2D eigenvalue weighted by Gasteiger charge is -2.32. The molecule has 3 rings (SSSR count). The van der Waals surface area contributed by atoms with Crippen LogP contribution in [0.25, 0.3) is 12.2 Å². The Morgan fingerprint density at radius 2 is 1.19 bits per heavy atom. The van der Waals surface area contributed by atoms with Crippen LogP contribution in [0.1, 0.15) is 25.0 Å². The summed E-state index contributed by atoms with van der Waals surface area (Å²) in [5, 5.41) is 4.56. The van der Waals surface area contributed by atoms with E-state index < -0.39 is 8.07 Å². The molecule has 108 valence electrons. The van der Waals surface area contributed by atoms with E-state index in [1.54, 1.807) is 0 Å². The van der Waals surface area contributed by atoms with Crippen LogP contribution in [0.3, 0.4) is 0 Å². The molecular formula is C18H18Cl2Si. The van der Waals surface area contributed by atoms with Gasteiger partial charge in [0.2, 0.25) is 0 Å². The van der Waals surface area contributed by atoms with E-state index in [4.69, 9.17) is 23.2 Å². The molecule has 0 saturated heterocycles. The van der Waals surface area contributed by atoms with Gasteiger partial charge in [0.05, 0.1) is 0 Å². The summed E-state index contributed by atoms with van der Waals surface area (Å²) in [5.41, 5.74) is 2.36. The molecule has 1 aliphatic heterocycles. The van der Waals surface area contributed by atoms with Gasteiger partial charge in [-0.05, 0) is 33.6 Å². The number of hydrogen-bond donors (Lipinski definition) is 0. The molecule has 0 atom stereocenters. The van der Waals surface area contributed by atoms with Crippen molar-refractivity contribution in [3.63, 3.8) is 0 Å². The minimum absolute atomic E-state index is 0.839. The van der Waals surface area contributed by atoms with Gasteiger partial charge in [-0.3, -0.25) is 0 Å². The topological polar surface area (TPSA) is 0 Å². The van der Waals surface area contributed by atoms with Gasteiger partial charge in [0.25, 0.3) is 0 Å². The molecule has 0 spiro atoms. The molecule has 0 radical (unpaired) electrons. The molecule has 0 nitrogen and oxygen atoms in total. The van der Waals surface area contributed by atoms with E-state index in [0.29, 0.717) is 0 Å². The lowest BCUT2D eigenvalue weighted by molar-refractivity contribution is 1.29. The highest BCUT2D eigenvalue weighted by atomic mass is 35.5. The van der Waals surface area contributed by atoms with Gasteiger partial charge >= 0.3 is 0 Å². The van der Waals surface area contributed by atoms with Crippen LogP contribution in [0.5, 0.6) is 0 Å². The van der Waals surface area contributed by atoms with Crippen molar-refractivity contribution in [3.8, 4) is 0 Å². The van der Waals surface area contributed by atoms with Crippen molar-refractivity contribution in [3.05, 3.63) is 57.6 Å². The molecule has 0 N–H and O–H groups in total. The SMILES string of the molecule is CC[Si]1(CC)c2cccc(Cl)c2C=Cc2c(Cl)cccc21. The number of rotatable bonds is 2. The number of hydrogen-bond acceptors (Lipinski definition) is 0. The van der Waals surface area contributed by atoms with E-state index in [1.165, 1.54) is 21.5 Å². The fourth-order valence-electron chi connectivity index (χ4n) is 3.57. The first-order valence-electron chi connectivity index (χ1n) is 7.40. The van der Waals surface area contributed by atoms with E-state index in [9.17, 15) is 0 Å². The maximum atomic E-state index is 6.48. The van der Waals surface area contributed by atoms with Crippen LogP contribution in [0.4, 0.5) is 0 Å². The van der Waals surface area contributed by atoms with Crippen molar-refractivity contribution in [1.29, 1.82) is 0 Å². The molecular weight excluding hydrogens is 315 g/mol. The summed E-state index contributed by atoms with van der Waals surface area (Å²) >= 11 is 13.0. The lowest BCUT2D eigenvalue weighted by Crippen LogP contribution is -2.58. The Morgan fingerprint density at radius 1 is 0.762 bits per heavy atom. The van der Waals surface area contributed by atoms with Gasteiger partial charge in [0.15, 0.2) is 0 Å². The molecule has 0 amide bonds. The molecule has 2 aromatic carbocycles. The van der Waals surface area contributed by atoms with E-state index in [-0.39, 0.29) is 0 Å². The normalized spacial score (nSPS) is 15.2. The number of fused-ring (bicyclic) bond motifs is 2. The summed E-state index contributed by atoms with van der Waals surface area (Å²) in [7, 11) is -1.82. The van der Waals surface area contributed by atoms with Crippen molar-refractivity contribution in [2.24, 2.45) is 0 Å². The molecule has 0 bridgehead atoms. The average Bonchev–Trinajstić information content (AvgIpc) is 2.64. The third-order valence-corrected chi connectivity index (χ3v) is 10.8. The van der Waals surface area contributed by atoms with Crippen molar-refractivity contribution in [2.45, 2.75) is 25.9 Å². The predicted molar refractivity (Wildman–Crippen MR) is 97.8 cm³/mol. The molecule has 1 aliphatic rings. The lowest BCUT2D eigenvalue weighted by atomic mass is 10.1. The van der Waals surface area contributed by atoms with E-state index in [2.05, 4.69) is 50.3 Å². The predicted octanol–water partition coefficient (Wildman–Crippen LogP) is 5.08. The van der Waals surface area contributed by atoms with Crippen LogP contribution in [-0.4, -0.2) is 8.07 Å². The minimum atomic E-state index is -1.82. The van der Waals surface area contributed by atoms with Crippen LogP contribution in [0.15, 0.2) is 36.4 Å². The first-order valence-corrected chi connectivity index (χ1v) is 10.6. The smallest absolute Gasteiger partial charge is 0.0837 e. The number of halogens is 2. The van der Waals surface area contributed by atoms with Gasteiger partial charge in [-0.25, -0.2) is 0 Å². The Hall–Kier alpha value is -1.02. The molecule has 0 aliphatic carbocycles. The third-order valence-electron chi connectivity index (χ3n) is 4.76. The summed E-state index contributed by atoms with van der Waals surface area (Å²) in [4.78, 5) is 0. The van der Waals surface area contributed by atoms with Gasteiger partial charge in [-0.2, -0.15) is 0 Å². The highest BCUT2D eigenvalue weighted by Gasteiger charge is 2.38. The molecule has 2 aromatic rings. The zero-order valence-electron chi connectivity index (χ0n) is 12.3. The zero-order chi connectivity index (χ0) is 15.0. The van der Waals surface area contributed by atoms with Crippen molar-refractivity contribution in [2.75, 3.05) is 0 Å². The second-order valence-electron chi connectivity index (χ2n) is 5.52. The van der Waals surface area contributed by atoms with Crippen LogP contribution < -0.4 is 10.4 Å². The number of benzene rings is 2. The molecule has 0 fully saturated rings. The first kappa shape index (κ1) is 14.9. The molecule has 3 heteroatoms. The van der Waals surface area contributed by atoms with Crippen LogP contribution in [-0.2, 0) is 0 Å². The Morgan fingerprint density at radius 3 is 1.57 bits per heavy atom. The fourth-order valence-corrected chi connectivity index (χ4v) is 8.82.